The van der Waals surface area contributed by atoms with Crippen molar-refractivity contribution in [2.45, 2.75) is 25.7 Å². The van der Waals surface area contributed by atoms with E-state index in [2.05, 4.69) is 48.8 Å². The molecule has 1 aromatic carbocycles. The van der Waals surface area contributed by atoms with Gasteiger partial charge in [-0.3, -0.25) is 0 Å². The van der Waals surface area contributed by atoms with Gasteiger partial charge in [-0.2, -0.15) is 0 Å². The first-order valence-electron chi connectivity index (χ1n) is 5.29. The second kappa shape index (κ2) is 3.77. The molecular weight excluding hydrogens is 332 g/mol. The highest BCUT2D eigenvalue weighted by molar-refractivity contribution is 9.11. The highest BCUT2D eigenvalue weighted by atomic mass is 79.9. The van der Waals surface area contributed by atoms with Gasteiger partial charge in [-0.25, -0.2) is 9.97 Å². The smallest absolute Gasteiger partial charge is 0.133 e. The molecule has 0 atom stereocenters. The van der Waals surface area contributed by atoms with E-state index >= 15 is 0 Å². The summed E-state index contributed by atoms with van der Waals surface area (Å²) < 4.78 is 2.02. The molecular formula is C12H10Br2N2. The molecule has 2 aromatic rings. The Bertz CT molecular complexity index is 577. The summed E-state index contributed by atoms with van der Waals surface area (Å²) in [5, 5.41) is 1.09. The molecule has 1 aliphatic rings. The third kappa shape index (κ3) is 1.68. The van der Waals surface area contributed by atoms with Gasteiger partial charge in [0, 0.05) is 15.8 Å². The van der Waals surface area contributed by atoms with E-state index in [4.69, 9.17) is 0 Å². The normalized spacial score (nSPS) is 15.7. The molecule has 1 fully saturated rings. The second-order valence-corrected chi connectivity index (χ2v) is 5.82. The summed E-state index contributed by atoms with van der Waals surface area (Å²) in [7, 11) is 0. The first-order valence-corrected chi connectivity index (χ1v) is 6.87. The van der Waals surface area contributed by atoms with Crippen LogP contribution < -0.4 is 0 Å². The van der Waals surface area contributed by atoms with Crippen molar-refractivity contribution in [3.8, 4) is 0 Å². The van der Waals surface area contributed by atoms with Crippen molar-refractivity contribution in [2.75, 3.05) is 0 Å². The Labute approximate surface area is 111 Å². The maximum absolute atomic E-state index is 4.69. The van der Waals surface area contributed by atoms with Crippen LogP contribution in [-0.4, -0.2) is 9.97 Å². The number of rotatable bonds is 1. The zero-order valence-corrected chi connectivity index (χ0v) is 12.0. The molecule has 0 aliphatic heterocycles. The number of hydrogen-bond acceptors (Lipinski definition) is 2. The van der Waals surface area contributed by atoms with Gasteiger partial charge in [0.1, 0.15) is 10.4 Å². The molecule has 0 unspecified atom stereocenters. The van der Waals surface area contributed by atoms with Crippen molar-refractivity contribution in [3.63, 3.8) is 0 Å². The number of hydrogen-bond donors (Lipinski definition) is 0. The van der Waals surface area contributed by atoms with E-state index in [1.807, 2.05) is 12.1 Å². The lowest BCUT2D eigenvalue weighted by atomic mass is 10.1. The fourth-order valence-electron chi connectivity index (χ4n) is 1.81. The molecule has 0 radical (unpaired) electrons. The number of aryl methyl sites for hydroxylation is 1. The lowest BCUT2D eigenvalue weighted by Crippen LogP contribution is -1.96. The highest BCUT2D eigenvalue weighted by Crippen LogP contribution is 2.40. The summed E-state index contributed by atoms with van der Waals surface area (Å²) in [6, 6.07) is 4.09. The van der Waals surface area contributed by atoms with Gasteiger partial charge in [-0.15, -0.1) is 0 Å². The fourth-order valence-corrected chi connectivity index (χ4v) is 2.63. The quantitative estimate of drug-likeness (QED) is 0.721. The van der Waals surface area contributed by atoms with Crippen molar-refractivity contribution in [1.29, 1.82) is 0 Å². The Kier molecular flexibility index (Phi) is 2.51. The average Bonchev–Trinajstić information content (AvgIpc) is 3.07. The molecule has 4 heteroatoms. The number of benzene rings is 1. The molecule has 0 saturated heterocycles. The highest BCUT2D eigenvalue weighted by Gasteiger charge is 2.27. The zero-order valence-electron chi connectivity index (χ0n) is 8.80. The van der Waals surface area contributed by atoms with E-state index in [1.165, 1.54) is 18.4 Å². The largest absolute Gasteiger partial charge is 0.232 e. The van der Waals surface area contributed by atoms with Crippen LogP contribution in [0, 0.1) is 6.92 Å². The van der Waals surface area contributed by atoms with Crippen LogP contribution in [0.5, 0.6) is 0 Å². The molecule has 1 saturated carbocycles. The van der Waals surface area contributed by atoms with Gasteiger partial charge < -0.3 is 0 Å². The van der Waals surface area contributed by atoms with Crippen LogP contribution in [0.1, 0.15) is 30.1 Å². The molecule has 1 aliphatic carbocycles. The van der Waals surface area contributed by atoms with Crippen molar-refractivity contribution in [2.24, 2.45) is 0 Å². The molecule has 0 bridgehead atoms. The van der Waals surface area contributed by atoms with Gasteiger partial charge in [0.25, 0.3) is 0 Å². The lowest BCUT2D eigenvalue weighted by molar-refractivity contribution is 0.936. The van der Waals surface area contributed by atoms with E-state index in [-0.39, 0.29) is 0 Å². The van der Waals surface area contributed by atoms with Gasteiger partial charge in [0.05, 0.1) is 5.52 Å². The molecule has 0 N–H and O–H groups in total. The summed E-state index contributed by atoms with van der Waals surface area (Å²) in [5.41, 5.74) is 2.24. The first-order chi connectivity index (χ1) is 7.66. The molecule has 3 rings (SSSR count). The standard InChI is InChI=1S/C12H10Br2N2/c1-6-9(13)5-4-8-10(6)15-12(7-2-3-7)16-11(8)14/h4-5,7H,2-3H2,1H3. The molecule has 2 nitrogen and oxygen atoms in total. The van der Waals surface area contributed by atoms with Crippen molar-refractivity contribution in [1.82, 2.24) is 9.97 Å². The molecule has 1 aromatic heterocycles. The Morgan fingerprint density at radius 1 is 1.19 bits per heavy atom. The van der Waals surface area contributed by atoms with Gasteiger partial charge in [-0.1, -0.05) is 15.9 Å². The number of fused-ring (bicyclic) bond motifs is 1. The van der Waals surface area contributed by atoms with Crippen LogP contribution >= 0.6 is 31.9 Å². The lowest BCUT2D eigenvalue weighted by Gasteiger charge is -2.07. The minimum Gasteiger partial charge on any atom is -0.232 e. The molecule has 0 spiro atoms. The summed E-state index contributed by atoms with van der Waals surface area (Å²) in [6.45, 7) is 2.09. The minimum absolute atomic E-state index is 0.582. The minimum atomic E-state index is 0.582. The van der Waals surface area contributed by atoms with Crippen LogP contribution in [0.4, 0.5) is 0 Å². The maximum atomic E-state index is 4.69. The van der Waals surface area contributed by atoms with E-state index in [0.717, 1.165) is 25.8 Å². The SMILES string of the molecule is Cc1c(Br)ccc2c(Br)nc(C3CC3)nc12. The Hall–Kier alpha value is -0.480. The third-order valence-corrected chi connectivity index (χ3v) is 4.43. The molecule has 82 valence electrons. The summed E-state index contributed by atoms with van der Waals surface area (Å²) in [4.78, 5) is 9.21. The Morgan fingerprint density at radius 2 is 1.94 bits per heavy atom. The van der Waals surface area contributed by atoms with E-state index < -0.39 is 0 Å². The number of aromatic nitrogens is 2. The third-order valence-electron chi connectivity index (χ3n) is 2.97. The second-order valence-electron chi connectivity index (χ2n) is 4.22. The average molecular weight is 342 g/mol. The van der Waals surface area contributed by atoms with Gasteiger partial charge in [-0.05, 0) is 53.4 Å². The van der Waals surface area contributed by atoms with Crippen LogP contribution in [0.15, 0.2) is 21.2 Å². The van der Waals surface area contributed by atoms with Crippen molar-refractivity contribution < 1.29 is 0 Å². The number of halogens is 2. The predicted octanol–water partition coefficient (Wildman–Crippen LogP) is 4.34. The van der Waals surface area contributed by atoms with Crippen LogP contribution in [-0.2, 0) is 0 Å². The van der Waals surface area contributed by atoms with E-state index in [0.29, 0.717) is 5.92 Å². The van der Waals surface area contributed by atoms with E-state index in [9.17, 15) is 0 Å². The predicted molar refractivity (Wildman–Crippen MR) is 71.7 cm³/mol. The van der Waals surface area contributed by atoms with Gasteiger partial charge >= 0.3 is 0 Å². The maximum Gasteiger partial charge on any atom is 0.133 e. The Morgan fingerprint density at radius 3 is 2.62 bits per heavy atom. The van der Waals surface area contributed by atoms with Gasteiger partial charge in [0.15, 0.2) is 0 Å². The monoisotopic (exact) mass is 340 g/mol. The fraction of sp³-hybridized carbons (Fsp3) is 0.333. The Balaban J connectivity index is 2.33. The summed E-state index contributed by atoms with van der Waals surface area (Å²) in [5.74, 6) is 1.57. The van der Waals surface area contributed by atoms with Gasteiger partial charge in [0.2, 0.25) is 0 Å². The number of nitrogens with zero attached hydrogens (tertiary/aromatic N) is 2. The van der Waals surface area contributed by atoms with E-state index in [1.54, 1.807) is 0 Å². The van der Waals surface area contributed by atoms with Crippen LogP contribution in [0.3, 0.4) is 0 Å². The first kappa shape index (κ1) is 10.7. The van der Waals surface area contributed by atoms with Crippen LogP contribution in [0.2, 0.25) is 0 Å². The topological polar surface area (TPSA) is 25.8 Å². The molecule has 0 amide bonds. The van der Waals surface area contributed by atoms with Crippen molar-refractivity contribution in [3.05, 3.63) is 32.6 Å². The zero-order chi connectivity index (χ0) is 11.3. The summed E-state index contributed by atoms with van der Waals surface area (Å²) in [6.07, 6.45) is 2.45. The molecule has 16 heavy (non-hydrogen) atoms. The van der Waals surface area contributed by atoms with Crippen LogP contribution in [0.25, 0.3) is 10.9 Å². The summed E-state index contributed by atoms with van der Waals surface area (Å²) >= 11 is 7.08. The van der Waals surface area contributed by atoms with Crippen molar-refractivity contribution >= 4 is 42.8 Å². The molecule has 1 heterocycles.